The lowest BCUT2D eigenvalue weighted by molar-refractivity contribution is 0.669. The van der Waals surface area contributed by atoms with E-state index in [-0.39, 0.29) is 0 Å². The van der Waals surface area contributed by atoms with E-state index in [1.807, 2.05) is 42.5 Å². The van der Waals surface area contributed by atoms with Crippen LogP contribution in [0.4, 0.5) is 0 Å². The Kier molecular flexibility index (Phi) is 6.43. The SMILES string of the molecule is c1ccc(-c2cccc(-c3nc(-c4c(-c5ccccc5)ccc5ccccc45)nc(-c4cccc5c4oc4ccccc45)n3)c2)cc1. The standard InChI is InChI=1S/C43H27N3O/c1-3-13-28(14-4-1)31-18-11-19-32(27-31)41-44-42(37-23-12-22-36-35-21-9-10-24-38(35)47-40(36)37)46-43(45-41)39-33-20-8-7-17-30(33)25-26-34(39)29-15-5-2-6-16-29/h1-27H. The van der Waals surface area contributed by atoms with E-state index in [0.717, 1.165) is 71.7 Å². The second kappa shape index (κ2) is 11.2. The maximum atomic E-state index is 6.47. The number of nitrogens with zero attached hydrogens (tertiary/aromatic N) is 3. The number of fused-ring (bicyclic) bond motifs is 4. The molecule has 0 radical (unpaired) electrons. The number of furan rings is 1. The zero-order valence-electron chi connectivity index (χ0n) is 25.3. The first kappa shape index (κ1) is 27.0. The first-order chi connectivity index (χ1) is 23.3. The van der Waals surface area contributed by atoms with E-state index in [1.165, 1.54) is 0 Å². The zero-order chi connectivity index (χ0) is 31.2. The van der Waals surface area contributed by atoms with Crippen LogP contribution in [0.1, 0.15) is 0 Å². The molecule has 9 rings (SSSR count). The Morgan fingerprint density at radius 2 is 0.979 bits per heavy atom. The Bertz CT molecular complexity index is 2570. The van der Waals surface area contributed by atoms with Crippen LogP contribution >= 0.6 is 0 Å². The Balaban J connectivity index is 1.35. The van der Waals surface area contributed by atoms with Crippen molar-refractivity contribution >= 4 is 32.7 Å². The molecule has 2 heterocycles. The van der Waals surface area contributed by atoms with E-state index in [0.29, 0.717) is 17.5 Å². The van der Waals surface area contributed by atoms with Gasteiger partial charge in [0.15, 0.2) is 17.5 Å². The second-order valence-electron chi connectivity index (χ2n) is 11.6. The molecule has 4 nitrogen and oxygen atoms in total. The van der Waals surface area contributed by atoms with Gasteiger partial charge in [-0.25, -0.2) is 15.0 Å². The molecule has 0 saturated heterocycles. The van der Waals surface area contributed by atoms with E-state index >= 15 is 0 Å². The predicted octanol–water partition coefficient (Wildman–Crippen LogP) is 11.3. The molecule has 0 unspecified atom stereocenters. The van der Waals surface area contributed by atoms with Gasteiger partial charge in [-0.2, -0.15) is 0 Å². The van der Waals surface area contributed by atoms with Gasteiger partial charge in [0.2, 0.25) is 0 Å². The van der Waals surface area contributed by atoms with Gasteiger partial charge in [-0.05, 0) is 51.2 Å². The summed E-state index contributed by atoms with van der Waals surface area (Å²) in [5.41, 5.74) is 8.69. The van der Waals surface area contributed by atoms with E-state index in [2.05, 4.69) is 121 Å². The number of rotatable bonds is 5. The molecule has 0 atom stereocenters. The fraction of sp³-hybridized carbons (Fsp3) is 0. The van der Waals surface area contributed by atoms with Gasteiger partial charge in [-0.3, -0.25) is 0 Å². The molecular weight excluding hydrogens is 574 g/mol. The summed E-state index contributed by atoms with van der Waals surface area (Å²) in [5.74, 6) is 1.77. The van der Waals surface area contributed by atoms with Gasteiger partial charge in [0.05, 0.1) is 5.56 Å². The molecule has 0 aliphatic heterocycles. The van der Waals surface area contributed by atoms with Crippen molar-refractivity contribution in [3.63, 3.8) is 0 Å². The molecule has 0 fully saturated rings. The number of hydrogen-bond donors (Lipinski definition) is 0. The van der Waals surface area contributed by atoms with Gasteiger partial charge in [0.1, 0.15) is 11.2 Å². The molecule has 0 aliphatic carbocycles. The third-order valence-corrected chi connectivity index (χ3v) is 8.75. The average molecular weight is 602 g/mol. The molecule has 0 aliphatic rings. The van der Waals surface area contributed by atoms with Crippen LogP contribution in [0, 0.1) is 0 Å². The lowest BCUT2D eigenvalue weighted by atomic mass is 9.93. The summed E-state index contributed by atoms with van der Waals surface area (Å²) in [6.07, 6.45) is 0. The number of hydrogen-bond acceptors (Lipinski definition) is 4. The molecule has 9 aromatic rings. The van der Waals surface area contributed by atoms with E-state index in [1.54, 1.807) is 0 Å². The fourth-order valence-electron chi connectivity index (χ4n) is 6.50. The summed E-state index contributed by atoms with van der Waals surface area (Å²) in [5, 5.41) is 4.30. The first-order valence-electron chi connectivity index (χ1n) is 15.7. The molecule has 2 aromatic heterocycles. The molecule has 0 saturated carbocycles. The van der Waals surface area contributed by atoms with Crippen molar-refractivity contribution < 1.29 is 4.42 Å². The van der Waals surface area contributed by atoms with Gasteiger partial charge in [0.25, 0.3) is 0 Å². The Morgan fingerprint density at radius 3 is 1.83 bits per heavy atom. The summed E-state index contributed by atoms with van der Waals surface area (Å²) in [6, 6.07) is 56.3. The van der Waals surface area contributed by atoms with E-state index in [4.69, 9.17) is 19.4 Å². The van der Waals surface area contributed by atoms with Crippen molar-refractivity contribution in [3.8, 4) is 56.4 Å². The van der Waals surface area contributed by atoms with Gasteiger partial charge in [0, 0.05) is 21.9 Å². The lowest BCUT2D eigenvalue weighted by Crippen LogP contribution is -2.02. The van der Waals surface area contributed by atoms with Crippen molar-refractivity contribution in [1.29, 1.82) is 0 Å². The quantitative estimate of drug-likeness (QED) is 0.197. The molecular formula is C43H27N3O. The van der Waals surface area contributed by atoms with Crippen LogP contribution in [0.5, 0.6) is 0 Å². The van der Waals surface area contributed by atoms with Crippen LogP contribution in [0.3, 0.4) is 0 Å². The summed E-state index contributed by atoms with van der Waals surface area (Å²) < 4.78 is 6.47. The van der Waals surface area contributed by atoms with Crippen molar-refractivity contribution in [2.75, 3.05) is 0 Å². The van der Waals surface area contributed by atoms with Gasteiger partial charge < -0.3 is 4.42 Å². The Morgan fingerprint density at radius 1 is 0.362 bits per heavy atom. The largest absolute Gasteiger partial charge is 0.455 e. The molecule has 7 aromatic carbocycles. The summed E-state index contributed by atoms with van der Waals surface area (Å²) in [7, 11) is 0. The van der Waals surface area contributed by atoms with Crippen LogP contribution in [0.2, 0.25) is 0 Å². The van der Waals surface area contributed by atoms with Gasteiger partial charge in [-0.15, -0.1) is 0 Å². The van der Waals surface area contributed by atoms with Gasteiger partial charge in [-0.1, -0.05) is 146 Å². The summed E-state index contributed by atoms with van der Waals surface area (Å²) in [4.78, 5) is 15.6. The molecule has 0 spiro atoms. The van der Waals surface area contributed by atoms with Gasteiger partial charge >= 0.3 is 0 Å². The van der Waals surface area contributed by atoms with Crippen molar-refractivity contribution in [1.82, 2.24) is 15.0 Å². The van der Waals surface area contributed by atoms with Crippen LogP contribution < -0.4 is 0 Å². The third-order valence-electron chi connectivity index (χ3n) is 8.75. The average Bonchev–Trinajstić information content (AvgIpc) is 3.54. The minimum absolute atomic E-state index is 0.562. The lowest BCUT2D eigenvalue weighted by Gasteiger charge is -2.15. The highest BCUT2D eigenvalue weighted by molar-refractivity contribution is 6.09. The monoisotopic (exact) mass is 601 g/mol. The zero-order valence-corrected chi connectivity index (χ0v) is 25.3. The highest BCUT2D eigenvalue weighted by Gasteiger charge is 2.21. The maximum Gasteiger partial charge on any atom is 0.167 e. The summed E-state index contributed by atoms with van der Waals surface area (Å²) in [6.45, 7) is 0. The smallest absolute Gasteiger partial charge is 0.167 e. The maximum absolute atomic E-state index is 6.47. The fourth-order valence-corrected chi connectivity index (χ4v) is 6.50. The van der Waals surface area contributed by atoms with Crippen LogP contribution in [-0.2, 0) is 0 Å². The molecule has 47 heavy (non-hydrogen) atoms. The Hall–Kier alpha value is -6.39. The molecule has 0 amide bonds. The minimum Gasteiger partial charge on any atom is -0.455 e. The van der Waals surface area contributed by atoms with Crippen molar-refractivity contribution in [2.45, 2.75) is 0 Å². The van der Waals surface area contributed by atoms with E-state index < -0.39 is 0 Å². The second-order valence-corrected chi connectivity index (χ2v) is 11.6. The molecule has 0 bridgehead atoms. The van der Waals surface area contributed by atoms with Crippen LogP contribution in [-0.4, -0.2) is 15.0 Å². The Labute approximate surface area is 271 Å². The number of aromatic nitrogens is 3. The minimum atomic E-state index is 0.562. The summed E-state index contributed by atoms with van der Waals surface area (Å²) >= 11 is 0. The number of benzene rings is 7. The highest BCUT2D eigenvalue weighted by Crippen LogP contribution is 2.40. The first-order valence-corrected chi connectivity index (χ1v) is 15.7. The molecule has 220 valence electrons. The van der Waals surface area contributed by atoms with Crippen molar-refractivity contribution in [3.05, 3.63) is 164 Å². The predicted molar refractivity (Wildman–Crippen MR) is 192 cm³/mol. The normalized spacial score (nSPS) is 11.4. The van der Waals surface area contributed by atoms with Crippen LogP contribution in [0.25, 0.3) is 89.1 Å². The van der Waals surface area contributed by atoms with E-state index in [9.17, 15) is 0 Å². The topological polar surface area (TPSA) is 51.8 Å². The molecule has 4 heteroatoms. The third kappa shape index (κ3) is 4.75. The van der Waals surface area contributed by atoms with Crippen molar-refractivity contribution in [2.24, 2.45) is 0 Å². The highest BCUT2D eigenvalue weighted by atomic mass is 16.3. The molecule has 0 N–H and O–H groups in total. The number of para-hydroxylation sites is 2. The van der Waals surface area contributed by atoms with Crippen LogP contribution in [0.15, 0.2) is 168 Å².